The van der Waals surface area contributed by atoms with Crippen LogP contribution in [0.2, 0.25) is 0 Å². The lowest BCUT2D eigenvalue weighted by molar-refractivity contribution is -0.117. The van der Waals surface area contributed by atoms with Crippen molar-refractivity contribution in [3.05, 3.63) is 54.1 Å². The predicted octanol–water partition coefficient (Wildman–Crippen LogP) is 4.90. The second kappa shape index (κ2) is 9.20. The fourth-order valence-corrected chi connectivity index (χ4v) is 3.53. The van der Waals surface area contributed by atoms with E-state index in [1.165, 1.54) is 0 Å². The van der Waals surface area contributed by atoms with Gasteiger partial charge in [0, 0.05) is 37.4 Å². The standard InChI is InChI=1S/C24H31N3O3/c1-24(2,3)16-22(28)25-19-8-10-20(11-9-19)27-15-5-14-26(23(27)29)17-18-6-12-21(30-4)13-7-18/h6-13H,5,14-17H2,1-4H3,(H,25,28). The monoisotopic (exact) mass is 409 g/mol. The van der Waals surface area contributed by atoms with E-state index in [1.54, 1.807) is 12.0 Å². The molecule has 0 saturated carbocycles. The molecule has 1 fully saturated rings. The summed E-state index contributed by atoms with van der Waals surface area (Å²) in [5, 5.41) is 2.93. The van der Waals surface area contributed by atoms with Crippen LogP contribution >= 0.6 is 0 Å². The minimum absolute atomic E-state index is 0.00147. The molecule has 1 saturated heterocycles. The summed E-state index contributed by atoms with van der Waals surface area (Å²) >= 11 is 0. The molecule has 1 aliphatic rings. The average molecular weight is 410 g/mol. The Morgan fingerprint density at radius 3 is 2.30 bits per heavy atom. The van der Waals surface area contributed by atoms with Crippen LogP contribution in [0.1, 0.15) is 39.2 Å². The number of amides is 3. The second-order valence-electron chi connectivity index (χ2n) is 8.89. The van der Waals surface area contributed by atoms with Gasteiger partial charge < -0.3 is 15.0 Å². The molecule has 6 heteroatoms. The third kappa shape index (κ3) is 5.75. The Bertz CT molecular complexity index is 870. The molecule has 3 amide bonds. The number of anilines is 2. The molecule has 30 heavy (non-hydrogen) atoms. The smallest absolute Gasteiger partial charge is 0.324 e. The van der Waals surface area contributed by atoms with Gasteiger partial charge in [-0.15, -0.1) is 0 Å². The van der Waals surface area contributed by atoms with Gasteiger partial charge in [0.1, 0.15) is 5.75 Å². The lowest BCUT2D eigenvalue weighted by Gasteiger charge is -2.35. The molecular formula is C24H31N3O3. The number of benzene rings is 2. The Labute approximate surface area is 178 Å². The molecule has 1 N–H and O–H groups in total. The van der Waals surface area contributed by atoms with Crippen molar-refractivity contribution in [2.75, 3.05) is 30.4 Å². The minimum Gasteiger partial charge on any atom is -0.497 e. The average Bonchev–Trinajstić information content (AvgIpc) is 2.69. The molecule has 3 rings (SSSR count). The fourth-order valence-electron chi connectivity index (χ4n) is 3.53. The maximum atomic E-state index is 13.0. The quantitative estimate of drug-likeness (QED) is 0.738. The Kier molecular flexibility index (Phi) is 6.65. The van der Waals surface area contributed by atoms with Crippen LogP contribution in [-0.4, -0.2) is 37.0 Å². The normalized spacial score (nSPS) is 14.6. The van der Waals surface area contributed by atoms with Crippen molar-refractivity contribution in [3.8, 4) is 5.75 Å². The largest absolute Gasteiger partial charge is 0.497 e. The summed E-state index contributed by atoms with van der Waals surface area (Å²) in [6, 6.07) is 15.3. The van der Waals surface area contributed by atoms with Crippen molar-refractivity contribution in [3.63, 3.8) is 0 Å². The van der Waals surface area contributed by atoms with Crippen molar-refractivity contribution in [2.45, 2.75) is 40.2 Å². The summed E-state index contributed by atoms with van der Waals surface area (Å²) in [6.07, 6.45) is 1.37. The van der Waals surface area contributed by atoms with Gasteiger partial charge in [-0.3, -0.25) is 9.69 Å². The van der Waals surface area contributed by atoms with Crippen LogP contribution in [0, 0.1) is 5.41 Å². The molecule has 0 aromatic heterocycles. The molecule has 1 aliphatic heterocycles. The molecule has 0 radical (unpaired) electrons. The van der Waals surface area contributed by atoms with E-state index >= 15 is 0 Å². The first kappa shape index (κ1) is 21.7. The number of hydrogen-bond donors (Lipinski definition) is 1. The number of nitrogens with one attached hydrogen (secondary N) is 1. The number of urea groups is 1. The number of carbonyl (C=O) groups is 2. The lowest BCUT2D eigenvalue weighted by atomic mass is 9.92. The molecule has 0 atom stereocenters. The number of methoxy groups -OCH3 is 1. The van der Waals surface area contributed by atoms with Gasteiger partial charge in [0.05, 0.1) is 7.11 Å². The van der Waals surface area contributed by atoms with Crippen LogP contribution < -0.4 is 15.0 Å². The Morgan fingerprint density at radius 1 is 1.03 bits per heavy atom. The topological polar surface area (TPSA) is 61.9 Å². The van der Waals surface area contributed by atoms with Crippen LogP contribution in [0.4, 0.5) is 16.2 Å². The summed E-state index contributed by atoms with van der Waals surface area (Å²) < 4.78 is 5.20. The van der Waals surface area contributed by atoms with Gasteiger partial charge in [-0.25, -0.2) is 4.79 Å². The summed E-state index contributed by atoms with van der Waals surface area (Å²) in [5.74, 6) is 0.801. The summed E-state index contributed by atoms with van der Waals surface area (Å²) in [4.78, 5) is 28.8. The molecule has 1 heterocycles. The minimum atomic E-state index is -0.0579. The zero-order valence-corrected chi connectivity index (χ0v) is 18.3. The van der Waals surface area contributed by atoms with Gasteiger partial charge in [0.2, 0.25) is 5.91 Å². The van der Waals surface area contributed by atoms with E-state index in [1.807, 2.05) is 74.2 Å². The van der Waals surface area contributed by atoms with Crippen LogP contribution in [0.3, 0.4) is 0 Å². The van der Waals surface area contributed by atoms with Crippen molar-refractivity contribution in [1.82, 2.24) is 4.90 Å². The van der Waals surface area contributed by atoms with Crippen molar-refractivity contribution >= 4 is 23.3 Å². The summed E-state index contributed by atoms with van der Waals surface area (Å²) in [7, 11) is 1.64. The molecule has 0 bridgehead atoms. The van der Waals surface area contributed by atoms with Gasteiger partial charge >= 0.3 is 6.03 Å². The molecule has 0 unspecified atom stereocenters. The van der Waals surface area contributed by atoms with Gasteiger partial charge in [-0.1, -0.05) is 32.9 Å². The highest BCUT2D eigenvalue weighted by Gasteiger charge is 2.26. The summed E-state index contributed by atoms with van der Waals surface area (Å²) in [5.41, 5.74) is 2.60. The number of rotatable bonds is 6. The first-order valence-electron chi connectivity index (χ1n) is 10.3. The molecule has 160 valence electrons. The molecule has 6 nitrogen and oxygen atoms in total. The molecular weight excluding hydrogens is 378 g/mol. The zero-order valence-electron chi connectivity index (χ0n) is 18.3. The maximum Gasteiger partial charge on any atom is 0.324 e. The highest BCUT2D eigenvalue weighted by Crippen LogP contribution is 2.25. The van der Waals surface area contributed by atoms with Crippen LogP contribution in [-0.2, 0) is 11.3 Å². The fraction of sp³-hybridized carbons (Fsp3) is 0.417. The lowest BCUT2D eigenvalue weighted by Crippen LogP contribution is -2.49. The van der Waals surface area contributed by atoms with Gasteiger partial charge in [-0.05, 0) is 53.8 Å². The van der Waals surface area contributed by atoms with Gasteiger partial charge in [0.15, 0.2) is 0 Å². The van der Waals surface area contributed by atoms with E-state index in [0.29, 0.717) is 19.5 Å². The number of ether oxygens (including phenoxy) is 1. The van der Waals surface area contributed by atoms with E-state index < -0.39 is 0 Å². The first-order valence-corrected chi connectivity index (χ1v) is 10.3. The van der Waals surface area contributed by atoms with Crippen LogP contribution in [0.25, 0.3) is 0 Å². The van der Waals surface area contributed by atoms with E-state index in [2.05, 4.69) is 5.32 Å². The predicted molar refractivity (Wildman–Crippen MR) is 120 cm³/mol. The molecule has 2 aromatic rings. The molecule has 2 aromatic carbocycles. The van der Waals surface area contributed by atoms with Crippen molar-refractivity contribution in [2.24, 2.45) is 5.41 Å². The molecule has 0 aliphatic carbocycles. The van der Waals surface area contributed by atoms with Crippen molar-refractivity contribution < 1.29 is 14.3 Å². The highest BCUT2D eigenvalue weighted by molar-refractivity contribution is 5.94. The van der Waals surface area contributed by atoms with E-state index in [9.17, 15) is 9.59 Å². The molecule has 0 spiro atoms. The Morgan fingerprint density at radius 2 is 1.70 bits per heavy atom. The van der Waals surface area contributed by atoms with Gasteiger partial charge in [0.25, 0.3) is 0 Å². The van der Waals surface area contributed by atoms with Gasteiger partial charge in [-0.2, -0.15) is 0 Å². The third-order valence-corrected chi connectivity index (χ3v) is 5.00. The van der Waals surface area contributed by atoms with Crippen LogP contribution in [0.15, 0.2) is 48.5 Å². The number of carbonyl (C=O) groups excluding carboxylic acids is 2. The van der Waals surface area contributed by atoms with E-state index in [4.69, 9.17) is 4.74 Å². The third-order valence-electron chi connectivity index (χ3n) is 5.00. The first-order chi connectivity index (χ1) is 14.2. The van der Waals surface area contributed by atoms with E-state index in [-0.39, 0.29) is 17.4 Å². The van der Waals surface area contributed by atoms with Crippen LogP contribution in [0.5, 0.6) is 5.75 Å². The Balaban J connectivity index is 1.63. The second-order valence-corrected chi connectivity index (χ2v) is 8.89. The maximum absolute atomic E-state index is 13.0. The van der Waals surface area contributed by atoms with Crippen molar-refractivity contribution in [1.29, 1.82) is 0 Å². The zero-order chi connectivity index (χ0) is 21.7. The highest BCUT2D eigenvalue weighted by atomic mass is 16.5. The summed E-state index contributed by atoms with van der Waals surface area (Å²) in [6.45, 7) is 8.11. The van der Waals surface area contributed by atoms with E-state index in [0.717, 1.165) is 35.7 Å². The number of nitrogens with zero attached hydrogens (tertiary/aromatic N) is 2. The number of hydrogen-bond acceptors (Lipinski definition) is 3. The SMILES string of the molecule is COc1ccc(CN2CCCN(c3ccc(NC(=O)CC(C)(C)C)cc3)C2=O)cc1. The Hall–Kier alpha value is -3.02.